The molecule has 1 aliphatic rings. The van der Waals surface area contributed by atoms with Crippen LogP contribution in [0, 0.1) is 6.92 Å². The van der Waals surface area contributed by atoms with Gasteiger partial charge in [0, 0.05) is 26.1 Å². The second kappa shape index (κ2) is 10.8. The second-order valence-corrected chi connectivity index (χ2v) is 9.96. The number of benzene rings is 2. The minimum absolute atomic E-state index is 0.0170. The number of aryl methyl sites for hydroxylation is 2. The first kappa shape index (κ1) is 23.3. The van der Waals surface area contributed by atoms with Crippen molar-refractivity contribution in [3.05, 3.63) is 59.2 Å². The lowest BCUT2D eigenvalue weighted by atomic mass is 10.1. The van der Waals surface area contributed by atoms with Crippen LogP contribution >= 0.6 is 0 Å². The Hall–Kier alpha value is -2.38. The van der Waals surface area contributed by atoms with Crippen molar-refractivity contribution in [2.24, 2.45) is 0 Å². The van der Waals surface area contributed by atoms with Gasteiger partial charge in [0.2, 0.25) is 15.9 Å². The summed E-state index contributed by atoms with van der Waals surface area (Å²) in [5, 5.41) is 2.95. The molecule has 2 aromatic carbocycles. The number of nitrogens with one attached hydrogen (secondary N) is 1. The molecular weight excluding hydrogens is 412 g/mol. The highest BCUT2D eigenvalue weighted by molar-refractivity contribution is 7.89. The Bertz CT molecular complexity index is 981. The molecule has 0 saturated carbocycles. The fraction of sp³-hybridized carbons (Fsp3) is 0.458. The van der Waals surface area contributed by atoms with E-state index in [0.717, 1.165) is 41.7 Å². The van der Waals surface area contributed by atoms with E-state index in [9.17, 15) is 13.2 Å². The number of methoxy groups -OCH3 is 1. The quantitative estimate of drug-likeness (QED) is 0.643. The van der Waals surface area contributed by atoms with Gasteiger partial charge in [-0.05, 0) is 61.9 Å². The van der Waals surface area contributed by atoms with E-state index in [1.807, 2.05) is 31.2 Å². The molecule has 168 valence electrons. The average Bonchev–Trinajstić information content (AvgIpc) is 2.79. The summed E-state index contributed by atoms with van der Waals surface area (Å²) in [4.78, 5) is 12.5. The molecule has 0 bridgehead atoms. The highest BCUT2D eigenvalue weighted by Gasteiger charge is 2.25. The highest BCUT2D eigenvalue weighted by atomic mass is 32.2. The molecule has 6 nitrogen and oxygen atoms in total. The van der Waals surface area contributed by atoms with Crippen LogP contribution in [-0.2, 0) is 27.7 Å². The fourth-order valence-electron chi connectivity index (χ4n) is 3.87. The Balaban J connectivity index is 1.47. The molecule has 2 aromatic rings. The monoisotopic (exact) mass is 444 g/mol. The van der Waals surface area contributed by atoms with Gasteiger partial charge in [0.1, 0.15) is 5.75 Å². The molecule has 7 heteroatoms. The molecule has 1 aliphatic heterocycles. The summed E-state index contributed by atoms with van der Waals surface area (Å²) in [6.07, 6.45) is 4.57. The zero-order valence-electron chi connectivity index (χ0n) is 18.4. The smallest absolute Gasteiger partial charge is 0.243 e. The normalized spacial score (nSPS) is 14.9. The fourth-order valence-corrected chi connectivity index (χ4v) is 5.39. The van der Waals surface area contributed by atoms with Crippen molar-refractivity contribution in [1.29, 1.82) is 0 Å². The Morgan fingerprint density at radius 3 is 2.42 bits per heavy atom. The van der Waals surface area contributed by atoms with Crippen molar-refractivity contribution in [3.63, 3.8) is 0 Å². The van der Waals surface area contributed by atoms with Crippen LogP contribution in [0.5, 0.6) is 5.75 Å². The second-order valence-electron chi connectivity index (χ2n) is 8.02. The molecule has 1 saturated heterocycles. The SMILES string of the molecule is COc1ccc(C)cc1CCNC(=O)CCc1ccc(S(=O)(=O)N2CCCCC2)cc1. The van der Waals surface area contributed by atoms with Gasteiger partial charge in [-0.1, -0.05) is 36.2 Å². The lowest BCUT2D eigenvalue weighted by Gasteiger charge is -2.25. The zero-order chi connectivity index (χ0) is 22.3. The third kappa shape index (κ3) is 6.31. The number of piperidine rings is 1. The molecule has 0 unspecified atom stereocenters. The van der Waals surface area contributed by atoms with Gasteiger partial charge in [0.05, 0.1) is 12.0 Å². The van der Waals surface area contributed by atoms with Crippen LogP contribution in [0.1, 0.15) is 42.4 Å². The summed E-state index contributed by atoms with van der Waals surface area (Å²) in [5.74, 6) is 0.816. The maximum Gasteiger partial charge on any atom is 0.243 e. The Morgan fingerprint density at radius 1 is 1.03 bits per heavy atom. The molecule has 0 spiro atoms. The number of ether oxygens (including phenoxy) is 1. The number of rotatable bonds is 9. The van der Waals surface area contributed by atoms with Crippen molar-refractivity contribution >= 4 is 15.9 Å². The predicted octanol–water partition coefficient (Wildman–Crippen LogP) is 3.47. The Kier molecular flexibility index (Phi) is 8.09. The van der Waals surface area contributed by atoms with E-state index >= 15 is 0 Å². The van der Waals surface area contributed by atoms with E-state index in [1.54, 1.807) is 23.5 Å². The number of sulfonamides is 1. The number of carbonyl (C=O) groups is 1. The number of hydrogen-bond acceptors (Lipinski definition) is 4. The predicted molar refractivity (Wildman–Crippen MR) is 122 cm³/mol. The van der Waals surface area contributed by atoms with E-state index < -0.39 is 10.0 Å². The molecule has 1 heterocycles. The molecular formula is C24H32N2O4S. The van der Waals surface area contributed by atoms with Crippen LogP contribution in [0.2, 0.25) is 0 Å². The maximum atomic E-state index is 12.7. The summed E-state index contributed by atoms with van der Waals surface area (Å²) < 4.78 is 32.4. The van der Waals surface area contributed by atoms with Crippen LogP contribution < -0.4 is 10.1 Å². The molecule has 3 rings (SSSR count). The molecule has 1 fully saturated rings. The van der Waals surface area contributed by atoms with Crippen molar-refractivity contribution in [2.45, 2.75) is 50.3 Å². The topological polar surface area (TPSA) is 75.7 Å². The van der Waals surface area contributed by atoms with Crippen LogP contribution in [0.3, 0.4) is 0 Å². The van der Waals surface area contributed by atoms with Gasteiger partial charge in [-0.15, -0.1) is 0 Å². The summed E-state index contributed by atoms with van der Waals surface area (Å²) in [5.41, 5.74) is 3.19. The van der Waals surface area contributed by atoms with Crippen LogP contribution in [0.25, 0.3) is 0 Å². The Morgan fingerprint density at radius 2 is 1.74 bits per heavy atom. The highest BCUT2D eigenvalue weighted by Crippen LogP contribution is 2.21. The van der Waals surface area contributed by atoms with Crippen molar-refractivity contribution < 1.29 is 17.9 Å². The number of nitrogens with zero attached hydrogens (tertiary/aromatic N) is 1. The zero-order valence-corrected chi connectivity index (χ0v) is 19.2. The number of hydrogen-bond donors (Lipinski definition) is 1. The minimum Gasteiger partial charge on any atom is -0.496 e. The average molecular weight is 445 g/mol. The molecule has 31 heavy (non-hydrogen) atoms. The van der Waals surface area contributed by atoms with Gasteiger partial charge >= 0.3 is 0 Å². The summed E-state index contributed by atoms with van der Waals surface area (Å²) >= 11 is 0. The molecule has 0 radical (unpaired) electrons. The minimum atomic E-state index is -3.41. The summed E-state index contributed by atoms with van der Waals surface area (Å²) in [6.45, 7) is 3.77. The van der Waals surface area contributed by atoms with Crippen LogP contribution in [0.4, 0.5) is 0 Å². The largest absolute Gasteiger partial charge is 0.496 e. The third-order valence-corrected chi connectivity index (χ3v) is 7.58. The van der Waals surface area contributed by atoms with E-state index in [-0.39, 0.29) is 5.91 Å². The first-order valence-corrected chi connectivity index (χ1v) is 12.3. The van der Waals surface area contributed by atoms with Gasteiger partial charge in [0.25, 0.3) is 0 Å². The van der Waals surface area contributed by atoms with E-state index in [1.165, 1.54) is 0 Å². The lowest BCUT2D eigenvalue weighted by molar-refractivity contribution is -0.121. The van der Waals surface area contributed by atoms with E-state index in [4.69, 9.17) is 4.74 Å². The van der Waals surface area contributed by atoms with Gasteiger partial charge in [-0.25, -0.2) is 8.42 Å². The molecule has 0 atom stereocenters. The molecule has 1 N–H and O–H groups in total. The van der Waals surface area contributed by atoms with Gasteiger partial charge < -0.3 is 10.1 Å². The van der Waals surface area contributed by atoms with Crippen LogP contribution in [-0.4, -0.2) is 45.4 Å². The summed E-state index contributed by atoms with van der Waals surface area (Å²) in [6, 6.07) is 12.9. The first-order chi connectivity index (χ1) is 14.9. The van der Waals surface area contributed by atoms with Crippen molar-refractivity contribution in [2.75, 3.05) is 26.7 Å². The van der Waals surface area contributed by atoms with Gasteiger partial charge in [0.15, 0.2) is 0 Å². The molecule has 0 aromatic heterocycles. The van der Waals surface area contributed by atoms with Gasteiger partial charge in [-0.3, -0.25) is 4.79 Å². The van der Waals surface area contributed by atoms with E-state index in [0.29, 0.717) is 43.8 Å². The van der Waals surface area contributed by atoms with Crippen molar-refractivity contribution in [1.82, 2.24) is 9.62 Å². The molecule has 1 amide bonds. The Labute approximate surface area is 185 Å². The lowest BCUT2D eigenvalue weighted by Crippen LogP contribution is -2.35. The number of carbonyl (C=O) groups excluding carboxylic acids is 1. The maximum absolute atomic E-state index is 12.7. The van der Waals surface area contributed by atoms with Crippen LogP contribution in [0.15, 0.2) is 47.4 Å². The van der Waals surface area contributed by atoms with Gasteiger partial charge in [-0.2, -0.15) is 4.31 Å². The number of amides is 1. The van der Waals surface area contributed by atoms with E-state index in [2.05, 4.69) is 11.4 Å². The third-order valence-electron chi connectivity index (χ3n) is 5.67. The summed E-state index contributed by atoms with van der Waals surface area (Å²) in [7, 11) is -1.76. The standard InChI is InChI=1S/C24H32N2O4S/c1-19-6-12-23(30-2)21(18-19)14-15-25-24(27)13-9-20-7-10-22(11-8-20)31(28,29)26-16-4-3-5-17-26/h6-8,10-12,18H,3-5,9,13-17H2,1-2H3,(H,25,27). The molecule has 0 aliphatic carbocycles. The van der Waals surface area contributed by atoms with Crippen molar-refractivity contribution in [3.8, 4) is 5.75 Å². The first-order valence-electron chi connectivity index (χ1n) is 10.9.